The molecule has 0 fully saturated rings. The fourth-order valence-electron chi connectivity index (χ4n) is 1.73. The molecule has 0 aliphatic carbocycles. The zero-order valence-electron chi connectivity index (χ0n) is 11.2. The van der Waals surface area contributed by atoms with Gasteiger partial charge in [0.2, 0.25) is 0 Å². The van der Waals surface area contributed by atoms with Crippen LogP contribution in [0.25, 0.3) is 0 Å². The molecule has 0 aliphatic heterocycles. The fraction of sp³-hybridized carbons (Fsp3) is 0.750. The number of esters is 1. The molecule has 0 aromatic carbocycles. The first-order chi connectivity index (χ1) is 9.19. The van der Waals surface area contributed by atoms with Crippen molar-refractivity contribution in [1.29, 1.82) is 0 Å². The number of ether oxygens (including phenoxy) is 2. The van der Waals surface area contributed by atoms with E-state index in [4.69, 9.17) is 9.47 Å². The Morgan fingerprint density at radius 2 is 2.00 bits per heavy atom. The van der Waals surface area contributed by atoms with Crippen LogP contribution in [0.3, 0.4) is 0 Å². The standard InChI is InChI=1S/C12H20O7/c1-3-11(12(15)16-2)6-10(7-17-8-13)4-5-18-19-9-14/h8-11H,3-7H2,1-2H3. The Balaban J connectivity index is 4.25. The summed E-state index contributed by atoms with van der Waals surface area (Å²) in [5.41, 5.74) is 0. The molecule has 0 heterocycles. The van der Waals surface area contributed by atoms with Crippen LogP contribution in [0.1, 0.15) is 26.2 Å². The van der Waals surface area contributed by atoms with Gasteiger partial charge in [0.05, 0.1) is 26.2 Å². The zero-order chi connectivity index (χ0) is 14.5. The zero-order valence-corrected chi connectivity index (χ0v) is 11.2. The summed E-state index contributed by atoms with van der Waals surface area (Å²) in [5.74, 6) is -0.606. The second kappa shape index (κ2) is 11.5. The van der Waals surface area contributed by atoms with E-state index in [1.165, 1.54) is 7.11 Å². The van der Waals surface area contributed by atoms with Crippen molar-refractivity contribution < 1.29 is 33.6 Å². The lowest BCUT2D eigenvalue weighted by Gasteiger charge is -2.20. The van der Waals surface area contributed by atoms with Gasteiger partial charge in [-0.15, -0.1) is 0 Å². The van der Waals surface area contributed by atoms with Crippen LogP contribution >= 0.6 is 0 Å². The van der Waals surface area contributed by atoms with Crippen molar-refractivity contribution in [3.05, 3.63) is 0 Å². The molecule has 19 heavy (non-hydrogen) atoms. The average molecular weight is 276 g/mol. The van der Waals surface area contributed by atoms with Crippen LogP contribution in [0.15, 0.2) is 0 Å². The van der Waals surface area contributed by atoms with Gasteiger partial charge in [0, 0.05) is 0 Å². The smallest absolute Gasteiger partial charge is 0.330 e. The highest BCUT2D eigenvalue weighted by Crippen LogP contribution is 2.20. The monoisotopic (exact) mass is 276 g/mol. The largest absolute Gasteiger partial charge is 0.469 e. The molecule has 0 spiro atoms. The second-order valence-corrected chi connectivity index (χ2v) is 3.96. The highest BCUT2D eigenvalue weighted by atomic mass is 17.2. The van der Waals surface area contributed by atoms with Gasteiger partial charge in [-0.05, 0) is 25.2 Å². The summed E-state index contributed by atoms with van der Waals surface area (Å²) >= 11 is 0. The third-order valence-electron chi connectivity index (χ3n) is 2.76. The molecular weight excluding hydrogens is 256 g/mol. The van der Waals surface area contributed by atoms with Crippen LogP contribution in [-0.2, 0) is 33.6 Å². The summed E-state index contributed by atoms with van der Waals surface area (Å²) in [7, 11) is 1.34. The van der Waals surface area contributed by atoms with E-state index in [0.717, 1.165) is 0 Å². The maximum Gasteiger partial charge on any atom is 0.330 e. The first-order valence-corrected chi connectivity index (χ1v) is 6.04. The van der Waals surface area contributed by atoms with Crippen LogP contribution in [-0.4, -0.2) is 39.2 Å². The van der Waals surface area contributed by atoms with Gasteiger partial charge in [-0.1, -0.05) is 6.92 Å². The SMILES string of the molecule is CCC(CC(CCOOC=O)COC=O)C(=O)OC. The molecule has 0 N–H and O–H groups in total. The van der Waals surface area contributed by atoms with E-state index in [9.17, 15) is 14.4 Å². The Morgan fingerprint density at radius 1 is 1.26 bits per heavy atom. The first kappa shape index (κ1) is 17.4. The summed E-state index contributed by atoms with van der Waals surface area (Å²) in [6.07, 6.45) is 1.65. The molecule has 7 nitrogen and oxygen atoms in total. The van der Waals surface area contributed by atoms with Crippen LogP contribution < -0.4 is 0 Å². The Kier molecular flexibility index (Phi) is 10.5. The number of methoxy groups -OCH3 is 1. The average Bonchev–Trinajstić information content (AvgIpc) is 2.44. The van der Waals surface area contributed by atoms with Gasteiger partial charge >= 0.3 is 12.4 Å². The van der Waals surface area contributed by atoms with Crippen molar-refractivity contribution in [3.63, 3.8) is 0 Å². The van der Waals surface area contributed by atoms with E-state index >= 15 is 0 Å². The normalized spacial score (nSPS) is 13.2. The minimum Gasteiger partial charge on any atom is -0.469 e. The summed E-state index contributed by atoms with van der Waals surface area (Å²) in [6.45, 7) is 2.77. The molecule has 0 saturated heterocycles. The van der Waals surface area contributed by atoms with E-state index in [-0.39, 0.29) is 37.5 Å². The number of hydrogen-bond acceptors (Lipinski definition) is 7. The predicted octanol–water partition coefficient (Wildman–Crippen LogP) is 0.860. The highest BCUT2D eigenvalue weighted by molar-refractivity contribution is 5.72. The van der Waals surface area contributed by atoms with Crippen LogP contribution in [0.5, 0.6) is 0 Å². The van der Waals surface area contributed by atoms with Gasteiger partial charge < -0.3 is 14.4 Å². The summed E-state index contributed by atoms with van der Waals surface area (Å²) in [6, 6.07) is 0. The second-order valence-electron chi connectivity index (χ2n) is 3.96. The highest BCUT2D eigenvalue weighted by Gasteiger charge is 2.22. The molecule has 0 bridgehead atoms. The lowest BCUT2D eigenvalue weighted by Crippen LogP contribution is -2.22. The molecule has 0 aromatic rings. The summed E-state index contributed by atoms with van der Waals surface area (Å²) in [4.78, 5) is 40.3. The molecule has 0 aromatic heterocycles. The van der Waals surface area contributed by atoms with Crippen molar-refractivity contribution in [2.45, 2.75) is 26.2 Å². The topological polar surface area (TPSA) is 88.1 Å². The van der Waals surface area contributed by atoms with Crippen LogP contribution in [0, 0.1) is 11.8 Å². The van der Waals surface area contributed by atoms with Gasteiger partial charge in [-0.25, -0.2) is 0 Å². The fourth-order valence-corrected chi connectivity index (χ4v) is 1.73. The predicted molar refractivity (Wildman–Crippen MR) is 63.6 cm³/mol. The lowest BCUT2D eigenvalue weighted by molar-refractivity contribution is -0.260. The Labute approximate surface area is 112 Å². The molecule has 0 amide bonds. The van der Waals surface area contributed by atoms with Crippen molar-refractivity contribution in [1.82, 2.24) is 0 Å². The summed E-state index contributed by atoms with van der Waals surface area (Å²) in [5, 5.41) is 0. The van der Waals surface area contributed by atoms with E-state index in [2.05, 4.69) is 9.78 Å². The molecule has 7 heteroatoms. The van der Waals surface area contributed by atoms with Crippen LogP contribution in [0.2, 0.25) is 0 Å². The third-order valence-corrected chi connectivity index (χ3v) is 2.76. The maximum absolute atomic E-state index is 11.5. The Hall–Kier alpha value is -1.63. The molecule has 2 unspecified atom stereocenters. The molecule has 0 aliphatic rings. The number of rotatable bonds is 12. The maximum atomic E-state index is 11.5. The Bertz CT molecular complexity index is 267. The first-order valence-electron chi connectivity index (χ1n) is 6.04. The van der Waals surface area contributed by atoms with Crippen molar-refractivity contribution >= 4 is 18.9 Å². The van der Waals surface area contributed by atoms with Gasteiger partial charge in [0.15, 0.2) is 0 Å². The van der Waals surface area contributed by atoms with E-state index in [1.807, 2.05) is 6.92 Å². The quantitative estimate of drug-likeness (QED) is 0.172. The van der Waals surface area contributed by atoms with E-state index in [0.29, 0.717) is 25.7 Å². The molecule has 2 atom stereocenters. The molecule has 0 radical (unpaired) electrons. The molecular formula is C12H20O7. The molecule has 110 valence electrons. The van der Waals surface area contributed by atoms with E-state index in [1.54, 1.807) is 0 Å². The Morgan fingerprint density at radius 3 is 2.53 bits per heavy atom. The minimum atomic E-state index is -0.288. The third kappa shape index (κ3) is 8.15. The van der Waals surface area contributed by atoms with Gasteiger partial charge in [-0.3, -0.25) is 14.4 Å². The van der Waals surface area contributed by atoms with Crippen molar-refractivity contribution in [3.8, 4) is 0 Å². The number of hydrogen-bond donors (Lipinski definition) is 0. The lowest BCUT2D eigenvalue weighted by atomic mass is 9.91. The molecule has 0 rings (SSSR count). The van der Waals surface area contributed by atoms with Crippen molar-refractivity contribution in [2.24, 2.45) is 11.8 Å². The number of carbonyl (C=O) groups is 3. The minimum absolute atomic E-state index is 0.0653. The van der Waals surface area contributed by atoms with Crippen molar-refractivity contribution in [2.75, 3.05) is 20.3 Å². The molecule has 0 saturated carbocycles. The van der Waals surface area contributed by atoms with E-state index < -0.39 is 0 Å². The van der Waals surface area contributed by atoms with Crippen LogP contribution in [0.4, 0.5) is 0 Å². The summed E-state index contributed by atoms with van der Waals surface area (Å²) < 4.78 is 9.41. The number of carbonyl (C=O) groups excluding carboxylic acids is 3. The van der Waals surface area contributed by atoms with Gasteiger partial charge in [0.25, 0.3) is 6.47 Å². The van der Waals surface area contributed by atoms with Gasteiger partial charge in [0.1, 0.15) is 0 Å². The van der Waals surface area contributed by atoms with Gasteiger partial charge in [-0.2, -0.15) is 4.89 Å².